The first kappa shape index (κ1) is 73.2. The van der Waals surface area contributed by atoms with Crippen molar-refractivity contribution in [1.29, 1.82) is 0 Å². The molecule has 23 aromatic rings. The van der Waals surface area contributed by atoms with Crippen LogP contribution in [0.5, 0.6) is 0 Å². The number of aromatic nitrogens is 5. The van der Waals surface area contributed by atoms with Crippen LogP contribution in [0.1, 0.15) is 27.8 Å². The summed E-state index contributed by atoms with van der Waals surface area (Å²) in [6.45, 7) is 10.6. The van der Waals surface area contributed by atoms with Gasteiger partial charge < -0.3 is 22.8 Å². The first-order chi connectivity index (χ1) is 58.1. The van der Waals surface area contributed by atoms with Crippen molar-refractivity contribution < 1.29 is 0 Å². The summed E-state index contributed by atoms with van der Waals surface area (Å²) >= 11 is 0. The highest BCUT2D eigenvalue weighted by molar-refractivity contribution is 6.13. The molecular formula is C113H87N5. The number of fused-ring (bicyclic) bond motifs is 15. The summed E-state index contributed by atoms with van der Waals surface area (Å²) in [5.41, 5.74) is 32.5. The standard InChI is InChI=1S/3C25H19N.2C19H15N/c1-18-8-6-9-19(16-18)20-10-7-11-21(17-20)26-24-14-4-2-12-22(24)23-13-3-5-15-25(23)26;1-18-13-15-19(16-14-18)20-7-6-8-21(17-20)26-24-11-4-2-9-22(24)23-10-3-5-12-25(23)26;1-18-10-12-19(13-11-18)20-14-16-21(17-15-20)26-24-8-4-2-6-22(24)23-7-3-5-9-25(23)26;1-14-7-6-8-15(13-14)20-18-11-4-2-9-16(18)17-10-3-5-12-19(17)20;1-14-10-12-15(13-11-14)20-18-8-4-2-6-16(18)17-7-3-5-9-19(17)20/h3*2-17H,1H3;2*2-13H,1H3. The van der Waals surface area contributed by atoms with Gasteiger partial charge in [-0.05, 0) is 195 Å². The average Bonchev–Trinajstić information content (AvgIpc) is 1.64. The fourth-order valence-corrected chi connectivity index (χ4v) is 17.2. The molecule has 0 bridgehead atoms. The van der Waals surface area contributed by atoms with E-state index in [4.69, 9.17) is 0 Å². The topological polar surface area (TPSA) is 24.6 Å². The molecular weight excluding hydrogens is 1430 g/mol. The summed E-state index contributed by atoms with van der Waals surface area (Å²) in [6.07, 6.45) is 0. The smallest absolute Gasteiger partial charge is 0.0541 e. The number of aryl methyl sites for hydroxylation is 5. The highest BCUT2D eigenvalue weighted by Crippen LogP contribution is 2.39. The molecule has 118 heavy (non-hydrogen) atoms. The molecule has 0 radical (unpaired) electrons. The second-order valence-electron chi connectivity index (χ2n) is 30.8. The zero-order valence-electron chi connectivity index (χ0n) is 66.8. The molecule has 5 heteroatoms. The fraction of sp³-hybridized carbons (Fsp3) is 0.0442. The van der Waals surface area contributed by atoms with Crippen LogP contribution in [0.4, 0.5) is 0 Å². The molecule has 23 rings (SSSR count). The minimum absolute atomic E-state index is 1.19. The lowest BCUT2D eigenvalue weighted by atomic mass is 10.0. The Bertz CT molecular complexity index is 7320. The Morgan fingerprint density at radius 2 is 0.305 bits per heavy atom. The van der Waals surface area contributed by atoms with Gasteiger partial charge in [0, 0.05) is 82.3 Å². The van der Waals surface area contributed by atoms with Crippen molar-refractivity contribution in [2.24, 2.45) is 0 Å². The highest BCUT2D eigenvalue weighted by atomic mass is 15.0. The first-order valence-electron chi connectivity index (χ1n) is 40.7. The van der Waals surface area contributed by atoms with E-state index in [-0.39, 0.29) is 0 Å². The van der Waals surface area contributed by atoms with Gasteiger partial charge in [-0.1, -0.05) is 338 Å². The van der Waals surface area contributed by atoms with E-state index in [1.54, 1.807) is 0 Å². The molecule has 5 aromatic heterocycles. The fourth-order valence-electron chi connectivity index (χ4n) is 17.2. The van der Waals surface area contributed by atoms with Crippen LogP contribution in [-0.4, -0.2) is 22.8 Å². The maximum atomic E-state index is 2.37. The van der Waals surface area contributed by atoms with E-state index in [1.807, 2.05) is 0 Å². The van der Waals surface area contributed by atoms with E-state index in [0.717, 1.165) is 0 Å². The third-order valence-electron chi connectivity index (χ3n) is 22.9. The molecule has 0 N–H and O–H groups in total. The lowest BCUT2D eigenvalue weighted by molar-refractivity contribution is 1.17. The van der Waals surface area contributed by atoms with Gasteiger partial charge in [-0.3, -0.25) is 0 Å². The lowest BCUT2D eigenvalue weighted by Gasteiger charge is -2.10. The van der Waals surface area contributed by atoms with Crippen molar-refractivity contribution in [1.82, 2.24) is 22.8 Å². The minimum atomic E-state index is 1.19. The molecule has 0 amide bonds. The van der Waals surface area contributed by atoms with E-state index >= 15 is 0 Å². The Hall–Kier alpha value is -15.0. The van der Waals surface area contributed by atoms with E-state index in [0.29, 0.717) is 0 Å². The van der Waals surface area contributed by atoms with Gasteiger partial charge in [0.05, 0.1) is 55.2 Å². The van der Waals surface area contributed by atoms with Crippen molar-refractivity contribution in [2.75, 3.05) is 0 Å². The van der Waals surface area contributed by atoms with Crippen molar-refractivity contribution in [3.8, 4) is 61.8 Å². The highest BCUT2D eigenvalue weighted by Gasteiger charge is 2.18. The molecule has 0 saturated heterocycles. The molecule has 0 aliphatic heterocycles. The molecule has 0 unspecified atom stereocenters. The Balaban J connectivity index is 0.0000000984. The molecule has 0 fully saturated rings. The van der Waals surface area contributed by atoms with Gasteiger partial charge in [0.2, 0.25) is 0 Å². The minimum Gasteiger partial charge on any atom is -0.309 e. The van der Waals surface area contributed by atoms with Gasteiger partial charge in [0.1, 0.15) is 0 Å². The zero-order chi connectivity index (χ0) is 79.6. The summed E-state index contributed by atoms with van der Waals surface area (Å²) < 4.78 is 11.8. The normalized spacial score (nSPS) is 11.3. The SMILES string of the molecule is Cc1ccc(-c2ccc(-n3c4ccccc4c4ccccc43)cc2)cc1.Cc1ccc(-c2cccc(-n3c4ccccc4c4ccccc43)c2)cc1.Cc1ccc(-n2c3ccccc3c3ccccc32)cc1.Cc1cccc(-c2cccc(-n3c4ccccc4c4ccccc43)c2)c1.Cc1cccc(-n2c3ccccc3c3ccccc32)c1. The van der Waals surface area contributed by atoms with Gasteiger partial charge in [0.25, 0.3) is 0 Å². The van der Waals surface area contributed by atoms with E-state index in [9.17, 15) is 0 Å². The molecule has 5 nitrogen and oxygen atoms in total. The van der Waals surface area contributed by atoms with Crippen LogP contribution in [0.15, 0.2) is 437 Å². The van der Waals surface area contributed by atoms with Crippen LogP contribution in [0.2, 0.25) is 0 Å². The van der Waals surface area contributed by atoms with Gasteiger partial charge in [0.15, 0.2) is 0 Å². The summed E-state index contributed by atoms with van der Waals surface area (Å²) in [7, 11) is 0. The van der Waals surface area contributed by atoms with Crippen LogP contribution < -0.4 is 0 Å². The van der Waals surface area contributed by atoms with Gasteiger partial charge >= 0.3 is 0 Å². The number of nitrogens with zero attached hydrogens (tertiary/aromatic N) is 5. The Kier molecular flexibility index (Phi) is 19.9. The Labute approximate surface area is 688 Å². The number of rotatable bonds is 8. The summed E-state index contributed by atoms with van der Waals surface area (Å²) in [5.74, 6) is 0. The third kappa shape index (κ3) is 14.2. The van der Waals surface area contributed by atoms with Crippen LogP contribution in [-0.2, 0) is 0 Å². The van der Waals surface area contributed by atoms with E-state index in [2.05, 4.69) is 494 Å². The monoisotopic (exact) mass is 1510 g/mol. The van der Waals surface area contributed by atoms with Crippen LogP contribution in [0, 0.1) is 34.6 Å². The van der Waals surface area contributed by atoms with Crippen molar-refractivity contribution >= 4 is 109 Å². The third-order valence-corrected chi connectivity index (χ3v) is 22.9. The number of hydrogen-bond donors (Lipinski definition) is 0. The zero-order valence-corrected chi connectivity index (χ0v) is 66.8. The number of hydrogen-bond acceptors (Lipinski definition) is 0. The van der Waals surface area contributed by atoms with Gasteiger partial charge in [-0.15, -0.1) is 0 Å². The van der Waals surface area contributed by atoms with Gasteiger partial charge in [-0.25, -0.2) is 0 Å². The summed E-state index contributed by atoms with van der Waals surface area (Å²) in [5, 5.41) is 13.0. The predicted molar refractivity (Wildman–Crippen MR) is 504 cm³/mol. The molecule has 0 aliphatic rings. The maximum Gasteiger partial charge on any atom is 0.0541 e. The number of para-hydroxylation sites is 10. The van der Waals surface area contributed by atoms with Crippen LogP contribution in [0.3, 0.4) is 0 Å². The quantitative estimate of drug-likeness (QED) is 0.145. The summed E-state index contributed by atoms with van der Waals surface area (Å²) in [6, 6.07) is 156. The van der Waals surface area contributed by atoms with Crippen molar-refractivity contribution in [2.45, 2.75) is 34.6 Å². The Morgan fingerprint density at radius 1 is 0.119 bits per heavy atom. The average molecular weight is 1510 g/mol. The molecule has 0 spiro atoms. The molecule has 0 aliphatic carbocycles. The lowest BCUT2D eigenvalue weighted by Crippen LogP contribution is -1.94. The van der Waals surface area contributed by atoms with E-state index in [1.165, 1.54) is 199 Å². The molecule has 0 atom stereocenters. The van der Waals surface area contributed by atoms with Gasteiger partial charge in [-0.2, -0.15) is 0 Å². The van der Waals surface area contributed by atoms with E-state index < -0.39 is 0 Å². The molecule has 18 aromatic carbocycles. The molecule has 5 heterocycles. The van der Waals surface area contributed by atoms with Crippen LogP contribution in [0.25, 0.3) is 171 Å². The Morgan fingerprint density at radius 3 is 0.576 bits per heavy atom. The van der Waals surface area contributed by atoms with Crippen LogP contribution >= 0.6 is 0 Å². The largest absolute Gasteiger partial charge is 0.309 e. The second-order valence-corrected chi connectivity index (χ2v) is 30.8. The molecule has 564 valence electrons. The first-order valence-corrected chi connectivity index (χ1v) is 40.7. The predicted octanol–water partition coefficient (Wildman–Crippen LogP) is 30.5. The number of benzene rings is 18. The maximum absolute atomic E-state index is 2.37. The van der Waals surface area contributed by atoms with Crippen molar-refractivity contribution in [3.05, 3.63) is 465 Å². The molecule has 0 saturated carbocycles. The summed E-state index contributed by atoms with van der Waals surface area (Å²) in [4.78, 5) is 0. The second kappa shape index (κ2) is 32.1. The van der Waals surface area contributed by atoms with Crippen molar-refractivity contribution in [3.63, 3.8) is 0 Å².